The summed E-state index contributed by atoms with van der Waals surface area (Å²) in [4.78, 5) is 0. The first kappa shape index (κ1) is 54.0. The third kappa shape index (κ3) is 8.72. The number of furan rings is 2. The molecule has 0 unspecified atom stereocenters. The first-order chi connectivity index (χ1) is 46.6. The van der Waals surface area contributed by atoms with Crippen LogP contribution >= 0.6 is 22.7 Å². The number of aromatic nitrogens is 2. The van der Waals surface area contributed by atoms with Crippen LogP contribution in [0.4, 0.5) is 0 Å². The predicted octanol–water partition coefficient (Wildman–Crippen LogP) is 25.8. The number of rotatable bonds is 8. The molecule has 20 rings (SSSR count). The maximum Gasteiger partial charge on any atom is 0.161 e. The molecule has 94 heavy (non-hydrogen) atoms. The van der Waals surface area contributed by atoms with Crippen molar-refractivity contribution in [3.8, 4) is 78.1 Å². The zero-order valence-electron chi connectivity index (χ0n) is 50.7. The molecule has 4 nitrogen and oxygen atoms in total. The SMILES string of the molecule is c1ccc(-c2ccc3c(c2)sc2cc(-c4cccc(-c5cccc6c5oc5c7ccccc7n(-c7ccccc7)c65)c4)ccc23)cc1.c1ccc(-c2cccc3c2sc2c(-c4cccc(-c5cccc6c5oc5c7ccccc7n(-c7ccccc7)c65)c4)cccc23)cc1. The van der Waals surface area contributed by atoms with Crippen LogP contribution in [-0.2, 0) is 0 Å². The Morgan fingerprint density at radius 3 is 1.07 bits per heavy atom. The van der Waals surface area contributed by atoms with Crippen LogP contribution in [0.25, 0.3) is 184 Å². The van der Waals surface area contributed by atoms with E-state index >= 15 is 0 Å². The van der Waals surface area contributed by atoms with E-state index in [0.29, 0.717) is 0 Å². The number of benzene rings is 14. The van der Waals surface area contributed by atoms with Gasteiger partial charge in [0.25, 0.3) is 0 Å². The summed E-state index contributed by atoms with van der Waals surface area (Å²) in [6, 6.07) is 117. The van der Waals surface area contributed by atoms with Gasteiger partial charge in [0.1, 0.15) is 22.2 Å². The van der Waals surface area contributed by atoms with Crippen LogP contribution in [-0.4, -0.2) is 9.13 Å². The summed E-state index contributed by atoms with van der Waals surface area (Å²) >= 11 is 3.76. The van der Waals surface area contributed by atoms with Gasteiger partial charge in [-0.2, -0.15) is 0 Å². The molecule has 6 aromatic heterocycles. The molecule has 0 radical (unpaired) electrons. The molecule has 0 fully saturated rings. The smallest absolute Gasteiger partial charge is 0.161 e. The second kappa shape index (κ2) is 22.0. The summed E-state index contributed by atoms with van der Waals surface area (Å²) in [5, 5.41) is 9.70. The van der Waals surface area contributed by atoms with Crippen LogP contribution in [0.5, 0.6) is 0 Å². The number of hydrogen-bond donors (Lipinski definition) is 0. The average molecular weight is 1240 g/mol. The molecule has 0 saturated carbocycles. The summed E-state index contributed by atoms with van der Waals surface area (Å²) in [5.41, 5.74) is 24.8. The highest BCUT2D eigenvalue weighted by Gasteiger charge is 2.24. The summed E-state index contributed by atoms with van der Waals surface area (Å²) in [5.74, 6) is 0. The van der Waals surface area contributed by atoms with Crippen molar-refractivity contribution in [1.82, 2.24) is 9.13 Å². The Morgan fingerprint density at radius 1 is 0.213 bits per heavy atom. The van der Waals surface area contributed by atoms with Crippen molar-refractivity contribution >= 4 is 129 Å². The van der Waals surface area contributed by atoms with Crippen LogP contribution in [0.2, 0.25) is 0 Å². The molecule has 6 heteroatoms. The molecule has 6 heterocycles. The maximum absolute atomic E-state index is 6.85. The molecule has 0 spiro atoms. The molecule has 0 aliphatic carbocycles. The quantitative estimate of drug-likeness (QED) is 0.152. The van der Waals surface area contributed by atoms with Gasteiger partial charge in [-0.1, -0.05) is 243 Å². The van der Waals surface area contributed by atoms with Crippen molar-refractivity contribution in [3.05, 3.63) is 328 Å². The van der Waals surface area contributed by atoms with Crippen LogP contribution < -0.4 is 0 Å². The van der Waals surface area contributed by atoms with Gasteiger partial charge >= 0.3 is 0 Å². The lowest BCUT2D eigenvalue weighted by atomic mass is 9.96. The van der Waals surface area contributed by atoms with E-state index in [-0.39, 0.29) is 0 Å². The van der Waals surface area contributed by atoms with Gasteiger partial charge in [-0.15, -0.1) is 22.7 Å². The topological polar surface area (TPSA) is 36.1 Å². The Labute approximate surface area is 548 Å². The monoisotopic (exact) mass is 1230 g/mol. The van der Waals surface area contributed by atoms with Crippen molar-refractivity contribution in [2.24, 2.45) is 0 Å². The lowest BCUT2D eigenvalue weighted by Gasteiger charge is -2.09. The van der Waals surface area contributed by atoms with E-state index in [1.807, 2.05) is 22.7 Å². The third-order valence-corrected chi connectivity index (χ3v) is 21.2. The first-order valence-corrected chi connectivity index (χ1v) is 33.5. The zero-order valence-corrected chi connectivity index (χ0v) is 52.3. The van der Waals surface area contributed by atoms with E-state index in [1.165, 1.54) is 84.9 Å². The van der Waals surface area contributed by atoms with Gasteiger partial charge in [-0.3, -0.25) is 0 Å². The van der Waals surface area contributed by atoms with Crippen molar-refractivity contribution in [1.29, 1.82) is 0 Å². The number of thiophene rings is 2. The van der Waals surface area contributed by atoms with Crippen LogP contribution in [0.15, 0.2) is 336 Å². The summed E-state index contributed by atoms with van der Waals surface area (Å²) in [7, 11) is 0. The highest BCUT2D eigenvalue weighted by molar-refractivity contribution is 7.27. The molecule has 0 aliphatic rings. The highest BCUT2D eigenvalue weighted by atomic mass is 32.1. The second-order valence-corrected chi connectivity index (χ2v) is 26.3. The Balaban J connectivity index is 0.000000133. The van der Waals surface area contributed by atoms with E-state index in [9.17, 15) is 0 Å². The van der Waals surface area contributed by atoms with Crippen molar-refractivity contribution in [2.45, 2.75) is 0 Å². The molecular weight excluding hydrogens is 1180 g/mol. The molecule has 0 aliphatic heterocycles. The average Bonchev–Trinajstić information content (AvgIpc) is 1.57. The largest absolute Gasteiger partial charge is 0.453 e. The van der Waals surface area contributed by atoms with E-state index in [2.05, 4.69) is 337 Å². The number of hydrogen-bond acceptors (Lipinski definition) is 4. The van der Waals surface area contributed by atoms with E-state index in [4.69, 9.17) is 8.83 Å². The second-order valence-electron chi connectivity index (χ2n) is 24.2. The number of nitrogens with zero attached hydrogens (tertiary/aromatic N) is 2. The van der Waals surface area contributed by atoms with Crippen molar-refractivity contribution < 1.29 is 8.83 Å². The van der Waals surface area contributed by atoms with E-state index in [0.717, 1.165) is 99.6 Å². The third-order valence-electron chi connectivity index (χ3n) is 18.8. The number of para-hydroxylation sites is 6. The molecule has 20 aromatic rings. The van der Waals surface area contributed by atoms with Gasteiger partial charge in [0.15, 0.2) is 11.2 Å². The van der Waals surface area contributed by atoms with E-state index < -0.39 is 0 Å². The Kier molecular flexibility index (Phi) is 12.6. The Hall–Kier alpha value is -11.8. The number of fused-ring (bicyclic) bond motifs is 16. The molecule has 0 amide bonds. The minimum Gasteiger partial charge on any atom is -0.453 e. The summed E-state index contributed by atoms with van der Waals surface area (Å²) in [6.45, 7) is 0. The standard InChI is InChI=1S/2C44H27NOS/c1-3-13-28(14-4-1)33-21-11-23-35-36-24-12-22-34(44(36)47-43(33)35)30-16-9-15-29(27-30)32-20-10-25-38-40-42(46-41(32)38)37-19-7-8-26-39(37)45(40)31-17-5-2-6-18-31;1-3-11-28(12-4-1)30-21-23-35-36-24-22-31(27-41(36)47-40(35)26-30)29-13-9-14-32(25-29)34-18-10-19-38-42-44(46-43(34)38)37-17-7-8-20-39(37)45(42)33-15-5-2-6-16-33/h2*1-27H. The molecule has 0 saturated heterocycles. The summed E-state index contributed by atoms with van der Waals surface area (Å²) in [6.07, 6.45) is 0. The highest BCUT2D eigenvalue weighted by Crippen LogP contribution is 2.48. The Bertz CT molecular complexity index is 6340. The van der Waals surface area contributed by atoms with Gasteiger partial charge in [-0.25, -0.2) is 0 Å². The van der Waals surface area contributed by atoms with Gasteiger partial charge in [-0.05, 0) is 141 Å². The molecular formula is C88H54N2O2S2. The Morgan fingerprint density at radius 2 is 0.564 bits per heavy atom. The van der Waals surface area contributed by atoms with E-state index in [1.54, 1.807) is 0 Å². The van der Waals surface area contributed by atoms with Crippen LogP contribution in [0.3, 0.4) is 0 Å². The van der Waals surface area contributed by atoms with Crippen molar-refractivity contribution in [2.75, 3.05) is 0 Å². The fourth-order valence-electron chi connectivity index (χ4n) is 14.5. The first-order valence-electron chi connectivity index (χ1n) is 31.9. The van der Waals surface area contributed by atoms with Crippen LogP contribution in [0, 0.1) is 0 Å². The van der Waals surface area contributed by atoms with Gasteiger partial charge < -0.3 is 18.0 Å². The van der Waals surface area contributed by atoms with Gasteiger partial charge in [0.05, 0.1) is 11.0 Å². The predicted molar refractivity (Wildman–Crippen MR) is 400 cm³/mol. The lowest BCUT2D eigenvalue weighted by Crippen LogP contribution is -1.92. The molecule has 0 atom stereocenters. The summed E-state index contributed by atoms with van der Waals surface area (Å²) < 4.78 is 23.6. The zero-order chi connectivity index (χ0) is 61.8. The van der Waals surface area contributed by atoms with Gasteiger partial charge in [0, 0.05) is 84.4 Å². The molecule has 14 aromatic carbocycles. The molecule has 440 valence electrons. The molecule has 0 N–H and O–H groups in total. The molecule has 0 bridgehead atoms. The normalized spacial score (nSPS) is 11.8. The minimum atomic E-state index is 0.914. The minimum absolute atomic E-state index is 0.914. The fourth-order valence-corrected chi connectivity index (χ4v) is 17.1. The fraction of sp³-hybridized carbons (Fsp3) is 0. The lowest BCUT2D eigenvalue weighted by molar-refractivity contribution is 0.673. The van der Waals surface area contributed by atoms with Gasteiger partial charge in [0.2, 0.25) is 0 Å². The van der Waals surface area contributed by atoms with Crippen LogP contribution in [0.1, 0.15) is 0 Å². The van der Waals surface area contributed by atoms with Crippen molar-refractivity contribution in [3.63, 3.8) is 0 Å². The maximum atomic E-state index is 6.85.